The molecule has 3 fully saturated rings. The topological polar surface area (TPSA) is 15.3 Å². The van der Waals surface area contributed by atoms with Crippen molar-refractivity contribution in [2.75, 3.05) is 26.2 Å². The minimum atomic E-state index is 0.788. The molecule has 0 aromatic carbocycles. The van der Waals surface area contributed by atoms with Crippen LogP contribution in [0.25, 0.3) is 0 Å². The molecule has 1 heterocycles. The highest BCUT2D eigenvalue weighted by Gasteiger charge is 2.25. The molecule has 2 saturated carbocycles. The largest absolute Gasteiger partial charge is 0.312 e. The van der Waals surface area contributed by atoms with Crippen LogP contribution in [0.2, 0.25) is 0 Å². The summed E-state index contributed by atoms with van der Waals surface area (Å²) in [5.74, 6) is 2.02. The van der Waals surface area contributed by atoms with Gasteiger partial charge in [0.25, 0.3) is 0 Å². The third-order valence-corrected chi connectivity index (χ3v) is 5.67. The highest BCUT2D eigenvalue weighted by Crippen LogP contribution is 2.28. The van der Waals surface area contributed by atoms with Crippen molar-refractivity contribution in [1.29, 1.82) is 0 Å². The van der Waals surface area contributed by atoms with Crippen LogP contribution in [0.15, 0.2) is 0 Å². The van der Waals surface area contributed by atoms with Gasteiger partial charge >= 0.3 is 0 Å². The molecule has 2 heteroatoms. The highest BCUT2D eigenvalue weighted by molar-refractivity contribution is 4.82. The van der Waals surface area contributed by atoms with Crippen molar-refractivity contribution >= 4 is 0 Å². The van der Waals surface area contributed by atoms with Gasteiger partial charge in [0.15, 0.2) is 0 Å². The minimum Gasteiger partial charge on any atom is -0.312 e. The second-order valence-electron chi connectivity index (χ2n) is 7.31. The summed E-state index contributed by atoms with van der Waals surface area (Å²) < 4.78 is 0. The lowest BCUT2D eigenvalue weighted by atomic mass is 9.84. The van der Waals surface area contributed by atoms with Crippen molar-refractivity contribution in [2.45, 2.75) is 70.3 Å². The van der Waals surface area contributed by atoms with Gasteiger partial charge in [0.2, 0.25) is 0 Å². The Kier molecular flexibility index (Phi) is 5.17. The molecule has 1 aliphatic heterocycles. The predicted octanol–water partition coefficient (Wildman–Crippen LogP) is 3.42. The number of nitrogens with zero attached hydrogens (tertiary/aromatic N) is 1. The van der Waals surface area contributed by atoms with Crippen molar-refractivity contribution in [1.82, 2.24) is 10.2 Å². The second-order valence-corrected chi connectivity index (χ2v) is 7.31. The summed E-state index contributed by atoms with van der Waals surface area (Å²) in [6.07, 6.45) is 14.7. The van der Waals surface area contributed by atoms with E-state index in [0.29, 0.717) is 0 Å². The smallest absolute Gasteiger partial charge is 0.0195 e. The number of hydrogen-bond donors (Lipinski definition) is 1. The summed E-state index contributed by atoms with van der Waals surface area (Å²) in [5.41, 5.74) is 0. The van der Waals surface area contributed by atoms with E-state index in [1.165, 1.54) is 90.4 Å². The summed E-state index contributed by atoms with van der Waals surface area (Å²) in [5, 5.41) is 3.89. The van der Waals surface area contributed by atoms with Crippen LogP contribution in [0.4, 0.5) is 0 Å². The van der Waals surface area contributed by atoms with Crippen molar-refractivity contribution in [3.05, 3.63) is 0 Å². The van der Waals surface area contributed by atoms with Crippen molar-refractivity contribution in [3.8, 4) is 0 Å². The van der Waals surface area contributed by atoms with Crippen LogP contribution >= 0.6 is 0 Å². The maximum Gasteiger partial charge on any atom is 0.0195 e. The predicted molar refractivity (Wildman–Crippen MR) is 81.4 cm³/mol. The molecule has 1 N–H and O–H groups in total. The van der Waals surface area contributed by atoms with Gasteiger partial charge in [-0.15, -0.1) is 0 Å². The molecule has 19 heavy (non-hydrogen) atoms. The van der Waals surface area contributed by atoms with Crippen molar-refractivity contribution in [2.24, 2.45) is 11.8 Å². The van der Waals surface area contributed by atoms with Gasteiger partial charge < -0.3 is 10.2 Å². The Morgan fingerprint density at radius 3 is 2.32 bits per heavy atom. The van der Waals surface area contributed by atoms with Gasteiger partial charge in [0.1, 0.15) is 0 Å². The summed E-state index contributed by atoms with van der Waals surface area (Å²) in [7, 11) is 0. The normalized spacial score (nSPS) is 31.3. The standard InChI is InChI=1S/C17H32N2/c1-2-6-15(7-3-1)12-18-17-10-5-11-19(14-17)13-16-8-4-9-16/h15-18H,1-14H2. The average Bonchev–Trinajstić information content (AvgIpc) is 2.42. The fourth-order valence-electron chi connectivity index (χ4n) is 4.15. The van der Waals surface area contributed by atoms with E-state index in [0.717, 1.165) is 17.9 Å². The minimum absolute atomic E-state index is 0.788. The third kappa shape index (κ3) is 4.19. The van der Waals surface area contributed by atoms with E-state index in [1.807, 2.05) is 0 Å². The summed E-state index contributed by atoms with van der Waals surface area (Å²) >= 11 is 0. The van der Waals surface area contributed by atoms with E-state index >= 15 is 0 Å². The lowest BCUT2D eigenvalue weighted by Crippen LogP contribution is -2.48. The molecule has 0 aromatic heterocycles. The second kappa shape index (κ2) is 7.08. The fraction of sp³-hybridized carbons (Fsp3) is 1.00. The molecule has 0 spiro atoms. The molecule has 2 nitrogen and oxygen atoms in total. The molecule has 0 amide bonds. The zero-order chi connectivity index (χ0) is 12.9. The maximum absolute atomic E-state index is 3.89. The number of hydrogen-bond acceptors (Lipinski definition) is 2. The first kappa shape index (κ1) is 13.9. The molecule has 1 saturated heterocycles. The van der Waals surface area contributed by atoms with Crippen LogP contribution in [0.1, 0.15) is 64.2 Å². The van der Waals surface area contributed by atoms with E-state index in [4.69, 9.17) is 0 Å². The van der Waals surface area contributed by atoms with Crippen molar-refractivity contribution < 1.29 is 0 Å². The third-order valence-electron chi connectivity index (χ3n) is 5.67. The molecule has 0 bridgehead atoms. The first-order valence-electron chi connectivity index (χ1n) is 8.86. The molecular weight excluding hydrogens is 232 g/mol. The summed E-state index contributed by atoms with van der Waals surface area (Å²) in [6.45, 7) is 5.37. The van der Waals surface area contributed by atoms with Crippen LogP contribution in [0.5, 0.6) is 0 Å². The molecule has 2 aliphatic carbocycles. The van der Waals surface area contributed by atoms with Gasteiger partial charge in [-0.3, -0.25) is 0 Å². The Balaban J connectivity index is 1.35. The van der Waals surface area contributed by atoms with Crippen LogP contribution in [-0.4, -0.2) is 37.1 Å². The van der Waals surface area contributed by atoms with E-state index in [1.54, 1.807) is 0 Å². The van der Waals surface area contributed by atoms with Gasteiger partial charge in [-0.1, -0.05) is 25.7 Å². The van der Waals surface area contributed by atoms with Crippen LogP contribution in [0, 0.1) is 11.8 Å². The number of nitrogens with one attached hydrogen (secondary N) is 1. The van der Waals surface area contributed by atoms with Gasteiger partial charge in [-0.2, -0.15) is 0 Å². The quantitative estimate of drug-likeness (QED) is 0.818. The van der Waals surface area contributed by atoms with Gasteiger partial charge in [-0.05, 0) is 63.5 Å². The highest BCUT2D eigenvalue weighted by atomic mass is 15.2. The van der Waals surface area contributed by atoms with Gasteiger partial charge in [0.05, 0.1) is 0 Å². The fourth-order valence-corrected chi connectivity index (χ4v) is 4.15. The number of likely N-dealkylation sites (tertiary alicyclic amines) is 1. The molecule has 0 radical (unpaired) electrons. The molecule has 110 valence electrons. The molecule has 1 atom stereocenters. The zero-order valence-electron chi connectivity index (χ0n) is 12.6. The maximum atomic E-state index is 3.89. The van der Waals surface area contributed by atoms with E-state index in [2.05, 4.69) is 10.2 Å². The lowest BCUT2D eigenvalue weighted by Gasteiger charge is -2.38. The molecule has 0 aromatic rings. The van der Waals surface area contributed by atoms with E-state index < -0.39 is 0 Å². The zero-order valence-corrected chi connectivity index (χ0v) is 12.6. The average molecular weight is 264 g/mol. The first-order valence-corrected chi connectivity index (χ1v) is 8.86. The Morgan fingerprint density at radius 2 is 1.58 bits per heavy atom. The Hall–Kier alpha value is -0.0800. The SMILES string of the molecule is C1CCC(CNC2CCCN(CC3CCC3)C2)CC1. The lowest BCUT2D eigenvalue weighted by molar-refractivity contribution is 0.132. The number of rotatable bonds is 5. The molecule has 1 unspecified atom stereocenters. The Bertz CT molecular complexity index is 256. The number of piperidine rings is 1. The van der Waals surface area contributed by atoms with E-state index in [9.17, 15) is 0 Å². The van der Waals surface area contributed by atoms with E-state index in [-0.39, 0.29) is 0 Å². The first-order chi connectivity index (χ1) is 9.40. The molecule has 3 aliphatic rings. The Labute approximate surface area is 119 Å². The van der Waals surface area contributed by atoms with Crippen molar-refractivity contribution in [3.63, 3.8) is 0 Å². The monoisotopic (exact) mass is 264 g/mol. The molecular formula is C17H32N2. The van der Waals surface area contributed by atoms with Crippen LogP contribution in [0.3, 0.4) is 0 Å². The summed E-state index contributed by atoms with van der Waals surface area (Å²) in [4.78, 5) is 2.74. The van der Waals surface area contributed by atoms with Crippen LogP contribution in [-0.2, 0) is 0 Å². The van der Waals surface area contributed by atoms with Gasteiger partial charge in [0, 0.05) is 19.1 Å². The summed E-state index contributed by atoms with van der Waals surface area (Å²) in [6, 6.07) is 0.788. The molecule has 3 rings (SSSR count). The van der Waals surface area contributed by atoms with Gasteiger partial charge in [-0.25, -0.2) is 0 Å². The van der Waals surface area contributed by atoms with Crippen LogP contribution < -0.4 is 5.32 Å². The Morgan fingerprint density at radius 1 is 0.789 bits per heavy atom.